The topological polar surface area (TPSA) is 49.6 Å². The Morgan fingerprint density at radius 3 is 2.19 bits per heavy atom. The summed E-state index contributed by atoms with van der Waals surface area (Å²) in [6.07, 6.45) is 6.12. The van der Waals surface area contributed by atoms with Crippen LogP contribution in [0.2, 0.25) is 0 Å². The van der Waals surface area contributed by atoms with Gasteiger partial charge in [-0.05, 0) is 38.8 Å². The van der Waals surface area contributed by atoms with Crippen LogP contribution in [0.15, 0.2) is 0 Å². The van der Waals surface area contributed by atoms with Gasteiger partial charge in [-0.1, -0.05) is 6.42 Å². The largest absolute Gasteiger partial charge is 0.341 e. The molecule has 92 valence electrons. The Morgan fingerprint density at radius 2 is 1.56 bits per heavy atom. The molecule has 1 atom stereocenters. The summed E-state index contributed by atoms with van der Waals surface area (Å²) in [5.41, 5.74) is 6.00. The fraction of sp³-hybridized carbons (Fsp3) is 0.917. The second-order valence-electron chi connectivity index (χ2n) is 5.00. The number of amides is 1. The zero-order chi connectivity index (χ0) is 11.4. The van der Waals surface area contributed by atoms with Gasteiger partial charge in [0.25, 0.3) is 0 Å². The summed E-state index contributed by atoms with van der Waals surface area (Å²) in [5, 5.41) is 0. The van der Waals surface area contributed by atoms with Gasteiger partial charge in [-0.2, -0.15) is 0 Å². The summed E-state index contributed by atoms with van der Waals surface area (Å²) >= 11 is 0. The first-order valence-electron chi connectivity index (χ1n) is 6.54. The number of rotatable bonds is 3. The third kappa shape index (κ3) is 2.95. The molecule has 0 bridgehead atoms. The monoisotopic (exact) mass is 225 g/mol. The Labute approximate surface area is 97.8 Å². The zero-order valence-corrected chi connectivity index (χ0v) is 10.0. The molecule has 0 aromatic rings. The van der Waals surface area contributed by atoms with Crippen molar-refractivity contribution < 1.29 is 4.79 Å². The molecule has 2 saturated heterocycles. The summed E-state index contributed by atoms with van der Waals surface area (Å²) in [7, 11) is 0. The van der Waals surface area contributed by atoms with Crippen molar-refractivity contribution >= 4 is 5.91 Å². The first kappa shape index (κ1) is 11.9. The lowest BCUT2D eigenvalue weighted by Gasteiger charge is -2.30. The van der Waals surface area contributed by atoms with Crippen LogP contribution in [0.1, 0.15) is 32.1 Å². The van der Waals surface area contributed by atoms with E-state index in [0.29, 0.717) is 0 Å². The number of carbonyl (C=O) groups is 1. The van der Waals surface area contributed by atoms with Gasteiger partial charge in [-0.25, -0.2) is 0 Å². The Balaban J connectivity index is 1.77. The Morgan fingerprint density at radius 1 is 1.00 bits per heavy atom. The first-order chi connectivity index (χ1) is 7.77. The predicted molar refractivity (Wildman–Crippen MR) is 64.1 cm³/mol. The molecule has 1 amide bonds. The van der Waals surface area contributed by atoms with Crippen LogP contribution in [0.3, 0.4) is 0 Å². The lowest BCUT2D eigenvalue weighted by atomic mass is 10.1. The van der Waals surface area contributed by atoms with E-state index in [4.69, 9.17) is 5.73 Å². The minimum Gasteiger partial charge on any atom is -0.341 e. The molecule has 4 heteroatoms. The second-order valence-corrected chi connectivity index (χ2v) is 5.00. The number of hydrogen-bond donors (Lipinski definition) is 1. The van der Waals surface area contributed by atoms with E-state index < -0.39 is 0 Å². The van der Waals surface area contributed by atoms with Crippen molar-refractivity contribution in [2.24, 2.45) is 5.73 Å². The van der Waals surface area contributed by atoms with Crippen molar-refractivity contribution in [3.8, 4) is 0 Å². The molecule has 2 aliphatic rings. The van der Waals surface area contributed by atoms with E-state index in [1.165, 1.54) is 19.3 Å². The SMILES string of the molecule is NC(CN1CCCCC1)C(=O)N1CCCC1. The Bertz CT molecular complexity index is 232. The third-order valence-electron chi connectivity index (χ3n) is 3.64. The van der Waals surface area contributed by atoms with E-state index in [0.717, 1.165) is 45.6 Å². The molecule has 2 heterocycles. The number of nitrogens with zero attached hydrogens (tertiary/aromatic N) is 2. The summed E-state index contributed by atoms with van der Waals surface area (Å²) in [4.78, 5) is 16.3. The maximum absolute atomic E-state index is 12.0. The summed E-state index contributed by atoms with van der Waals surface area (Å²) < 4.78 is 0. The van der Waals surface area contributed by atoms with Crippen LogP contribution in [-0.4, -0.2) is 54.5 Å². The maximum Gasteiger partial charge on any atom is 0.240 e. The van der Waals surface area contributed by atoms with Gasteiger partial charge in [0.1, 0.15) is 0 Å². The molecule has 0 aromatic carbocycles. The minimum absolute atomic E-state index is 0.156. The van der Waals surface area contributed by atoms with Crippen LogP contribution in [-0.2, 0) is 4.79 Å². The molecule has 2 N–H and O–H groups in total. The summed E-state index contributed by atoms with van der Waals surface area (Å²) in [6.45, 7) is 4.79. The second kappa shape index (κ2) is 5.64. The van der Waals surface area contributed by atoms with Crippen LogP contribution >= 0.6 is 0 Å². The molecule has 0 radical (unpaired) electrons. The van der Waals surface area contributed by atoms with Crippen molar-refractivity contribution in [1.29, 1.82) is 0 Å². The van der Waals surface area contributed by atoms with Crippen LogP contribution in [0.4, 0.5) is 0 Å². The van der Waals surface area contributed by atoms with Crippen molar-refractivity contribution in [1.82, 2.24) is 9.80 Å². The lowest BCUT2D eigenvalue weighted by Crippen LogP contribution is -2.49. The van der Waals surface area contributed by atoms with Gasteiger partial charge in [0.05, 0.1) is 6.04 Å². The Hall–Kier alpha value is -0.610. The molecule has 0 aromatic heterocycles. The molecule has 0 aliphatic carbocycles. The van der Waals surface area contributed by atoms with Crippen molar-refractivity contribution in [3.05, 3.63) is 0 Å². The summed E-state index contributed by atoms with van der Waals surface area (Å²) in [6, 6.07) is -0.309. The molecule has 0 saturated carbocycles. The van der Waals surface area contributed by atoms with Crippen LogP contribution < -0.4 is 5.73 Å². The van der Waals surface area contributed by atoms with E-state index in [-0.39, 0.29) is 11.9 Å². The number of carbonyl (C=O) groups excluding carboxylic acids is 1. The molecule has 1 unspecified atom stereocenters. The quantitative estimate of drug-likeness (QED) is 0.757. The van der Waals surface area contributed by atoms with Gasteiger partial charge in [0.15, 0.2) is 0 Å². The highest BCUT2D eigenvalue weighted by atomic mass is 16.2. The fourth-order valence-electron chi connectivity index (χ4n) is 2.67. The normalized spacial score (nSPS) is 24.7. The fourth-order valence-corrected chi connectivity index (χ4v) is 2.67. The molecule has 4 nitrogen and oxygen atoms in total. The average molecular weight is 225 g/mol. The van der Waals surface area contributed by atoms with Crippen LogP contribution in [0, 0.1) is 0 Å². The number of piperidine rings is 1. The van der Waals surface area contributed by atoms with Crippen molar-refractivity contribution in [2.45, 2.75) is 38.1 Å². The minimum atomic E-state index is -0.309. The number of likely N-dealkylation sites (tertiary alicyclic amines) is 2. The maximum atomic E-state index is 12.0. The van der Waals surface area contributed by atoms with Crippen molar-refractivity contribution in [3.63, 3.8) is 0 Å². The van der Waals surface area contributed by atoms with Crippen molar-refractivity contribution in [2.75, 3.05) is 32.7 Å². The first-order valence-corrected chi connectivity index (χ1v) is 6.54. The molecular weight excluding hydrogens is 202 g/mol. The van der Waals surface area contributed by atoms with E-state index in [9.17, 15) is 4.79 Å². The van der Waals surface area contributed by atoms with Gasteiger partial charge in [0.2, 0.25) is 5.91 Å². The van der Waals surface area contributed by atoms with E-state index in [1.807, 2.05) is 4.90 Å². The predicted octanol–water partition coefficient (Wildman–Crippen LogP) is 0.422. The molecule has 16 heavy (non-hydrogen) atoms. The number of nitrogens with two attached hydrogens (primary N) is 1. The highest BCUT2D eigenvalue weighted by molar-refractivity contribution is 5.82. The highest BCUT2D eigenvalue weighted by Crippen LogP contribution is 2.11. The summed E-state index contributed by atoms with van der Waals surface area (Å²) in [5.74, 6) is 0.156. The van der Waals surface area contributed by atoms with Crippen LogP contribution in [0.5, 0.6) is 0 Å². The van der Waals surface area contributed by atoms with E-state index >= 15 is 0 Å². The average Bonchev–Trinajstić information content (AvgIpc) is 2.83. The zero-order valence-electron chi connectivity index (χ0n) is 10.0. The molecule has 2 fully saturated rings. The molecule has 0 spiro atoms. The van der Waals surface area contributed by atoms with Gasteiger partial charge >= 0.3 is 0 Å². The van der Waals surface area contributed by atoms with Gasteiger partial charge < -0.3 is 15.5 Å². The van der Waals surface area contributed by atoms with Gasteiger partial charge in [-0.15, -0.1) is 0 Å². The molecule has 2 aliphatic heterocycles. The van der Waals surface area contributed by atoms with Gasteiger partial charge in [0, 0.05) is 19.6 Å². The molecule has 2 rings (SSSR count). The smallest absolute Gasteiger partial charge is 0.240 e. The third-order valence-corrected chi connectivity index (χ3v) is 3.64. The molecular formula is C12H23N3O. The lowest BCUT2D eigenvalue weighted by molar-refractivity contribution is -0.132. The Kier molecular flexibility index (Phi) is 4.18. The highest BCUT2D eigenvalue weighted by Gasteiger charge is 2.25. The van der Waals surface area contributed by atoms with E-state index in [1.54, 1.807) is 0 Å². The van der Waals surface area contributed by atoms with Crippen LogP contribution in [0.25, 0.3) is 0 Å². The van der Waals surface area contributed by atoms with E-state index in [2.05, 4.69) is 4.90 Å². The number of hydrogen-bond acceptors (Lipinski definition) is 3. The standard InChI is InChI=1S/C12H23N3O/c13-11(10-14-6-2-1-3-7-14)12(16)15-8-4-5-9-15/h11H,1-10,13H2. The van der Waals surface area contributed by atoms with Gasteiger partial charge in [-0.3, -0.25) is 4.79 Å².